The molecule has 2 aromatic rings. The Hall–Kier alpha value is -2.31. The zero-order chi connectivity index (χ0) is 21.6. The predicted molar refractivity (Wildman–Crippen MR) is 127 cm³/mol. The maximum atomic E-state index is 12.4. The number of benzene rings is 2. The monoisotopic (exact) mass is 443 g/mol. The van der Waals surface area contributed by atoms with E-state index in [0.717, 1.165) is 34.9 Å². The first-order valence-electron chi connectivity index (χ1n) is 9.98. The summed E-state index contributed by atoms with van der Waals surface area (Å²) in [6, 6.07) is 15.1. The van der Waals surface area contributed by atoms with E-state index in [-0.39, 0.29) is 11.7 Å². The first-order chi connectivity index (χ1) is 14.4. The summed E-state index contributed by atoms with van der Waals surface area (Å²) in [5.41, 5.74) is 1.82. The van der Waals surface area contributed by atoms with Gasteiger partial charge in [-0.1, -0.05) is 48.8 Å². The Balaban J connectivity index is 1.65. The van der Waals surface area contributed by atoms with E-state index < -0.39 is 5.66 Å². The van der Waals surface area contributed by atoms with Gasteiger partial charge in [0.2, 0.25) is 5.91 Å². The van der Waals surface area contributed by atoms with Crippen molar-refractivity contribution in [1.82, 2.24) is 0 Å². The molecule has 1 aliphatic heterocycles. The van der Waals surface area contributed by atoms with E-state index in [0.29, 0.717) is 17.3 Å². The first kappa shape index (κ1) is 22.4. The normalized spacial score (nSPS) is 14.8. The molecular formula is C23H26ClN3O2S. The summed E-state index contributed by atoms with van der Waals surface area (Å²) in [4.78, 5) is 21.8. The summed E-state index contributed by atoms with van der Waals surface area (Å²) in [6.07, 6.45) is 2.14. The van der Waals surface area contributed by atoms with Crippen LogP contribution in [0.4, 0.5) is 5.69 Å². The Morgan fingerprint density at radius 3 is 2.57 bits per heavy atom. The molecule has 3 rings (SSSR count). The zero-order valence-corrected chi connectivity index (χ0v) is 19.0. The second-order valence-electron chi connectivity index (χ2n) is 7.41. The Bertz CT molecular complexity index is 955. The van der Waals surface area contributed by atoms with Crippen molar-refractivity contribution in [3.05, 3.63) is 59.1 Å². The van der Waals surface area contributed by atoms with Gasteiger partial charge in [-0.05, 0) is 56.7 Å². The fourth-order valence-electron chi connectivity index (χ4n) is 2.86. The summed E-state index contributed by atoms with van der Waals surface area (Å²) in [5.74, 6) is 0.923. The van der Waals surface area contributed by atoms with Gasteiger partial charge in [0.25, 0.3) is 0 Å². The molecule has 0 atom stereocenters. The van der Waals surface area contributed by atoms with E-state index in [4.69, 9.17) is 26.3 Å². The van der Waals surface area contributed by atoms with Crippen molar-refractivity contribution in [3.63, 3.8) is 0 Å². The van der Waals surface area contributed by atoms with Crippen LogP contribution < -0.4 is 10.1 Å². The number of hydrogen-bond acceptors (Lipinski definition) is 5. The van der Waals surface area contributed by atoms with Crippen molar-refractivity contribution in [1.29, 1.82) is 0 Å². The second-order valence-corrected chi connectivity index (χ2v) is 8.79. The molecule has 0 saturated heterocycles. The average Bonchev–Trinajstić information content (AvgIpc) is 3.03. The standard InChI is InChI=1S/C23H26ClN3O2S/c1-4-5-14-29-17-12-10-16(11-13-17)21-22(27-23(2,3)26-21)30-15-20(28)25-19-9-7-6-8-18(19)24/h6-13H,4-5,14-15H2,1-3H3,(H,25,28). The van der Waals surface area contributed by atoms with E-state index in [1.165, 1.54) is 11.8 Å². The number of carbonyl (C=O) groups is 1. The van der Waals surface area contributed by atoms with Crippen LogP contribution in [0.15, 0.2) is 58.5 Å². The van der Waals surface area contributed by atoms with Gasteiger partial charge in [-0.15, -0.1) is 0 Å². The molecule has 30 heavy (non-hydrogen) atoms. The van der Waals surface area contributed by atoms with Gasteiger partial charge in [0, 0.05) is 5.56 Å². The number of hydrogen-bond donors (Lipinski definition) is 1. The maximum Gasteiger partial charge on any atom is 0.234 e. The lowest BCUT2D eigenvalue weighted by Gasteiger charge is -2.09. The lowest BCUT2D eigenvalue weighted by atomic mass is 10.1. The number of carbonyl (C=O) groups excluding carboxylic acids is 1. The molecular weight excluding hydrogens is 418 g/mol. The third-order valence-corrected chi connectivity index (χ3v) is 5.64. The Morgan fingerprint density at radius 2 is 1.87 bits per heavy atom. The van der Waals surface area contributed by atoms with Gasteiger partial charge in [-0.25, -0.2) is 4.99 Å². The zero-order valence-electron chi connectivity index (χ0n) is 17.4. The number of para-hydroxylation sites is 1. The fraction of sp³-hybridized carbons (Fsp3) is 0.348. The maximum absolute atomic E-state index is 12.4. The van der Waals surface area contributed by atoms with Gasteiger partial charge >= 0.3 is 0 Å². The first-order valence-corrected chi connectivity index (χ1v) is 11.3. The molecule has 2 aromatic carbocycles. The molecule has 0 fully saturated rings. The average molecular weight is 444 g/mol. The highest BCUT2D eigenvalue weighted by Crippen LogP contribution is 2.28. The van der Waals surface area contributed by atoms with Gasteiger partial charge in [0.05, 0.1) is 28.8 Å². The quantitative estimate of drug-likeness (QED) is 0.522. The van der Waals surface area contributed by atoms with Crippen LogP contribution in [0.3, 0.4) is 0 Å². The van der Waals surface area contributed by atoms with Crippen LogP contribution in [0, 0.1) is 0 Å². The molecule has 0 bridgehead atoms. The van der Waals surface area contributed by atoms with Crippen molar-refractivity contribution in [3.8, 4) is 5.75 Å². The molecule has 0 saturated carbocycles. The number of rotatable bonds is 8. The number of aliphatic imine (C=N–C) groups is 2. The van der Waals surface area contributed by atoms with Crippen molar-refractivity contribution >= 4 is 45.7 Å². The molecule has 0 aliphatic carbocycles. The van der Waals surface area contributed by atoms with Crippen molar-refractivity contribution in [2.45, 2.75) is 39.3 Å². The van der Waals surface area contributed by atoms with Crippen LogP contribution in [0.1, 0.15) is 39.2 Å². The van der Waals surface area contributed by atoms with Crippen LogP contribution >= 0.6 is 23.4 Å². The van der Waals surface area contributed by atoms with Crippen LogP contribution in [0.2, 0.25) is 5.02 Å². The summed E-state index contributed by atoms with van der Waals surface area (Å²) < 4.78 is 5.74. The van der Waals surface area contributed by atoms with Crippen molar-refractivity contribution in [2.24, 2.45) is 9.98 Å². The van der Waals surface area contributed by atoms with E-state index in [9.17, 15) is 4.79 Å². The Kier molecular flexibility index (Phi) is 7.56. The highest BCUT2D eigenvalue weighted by molar-refractivity contribution is 8.16. The summed E-state index contributed by atoms with van der Waals surface area (Å²) >= 11 is 7.49. The SMILES string of the molecule is CCCCOc1ccc(C2=NC(C)(C)N=C2SCC(=O)Nc2ccccc2Cl)cc1. The number of nitrogens with zero attached hydrogens (tertiary/aromatic N) is 2. The topological polar surface area (TPSA) is 63.1 Å². The fourth-order valence-corrected chi connectivity index (χ4v) is 3.97. The van der Waals surface area contributed by atoms with Crippen LogP contribution in [-0.4, -0.2) is 34.7 Å². The lowest BCUT2D eigenvalue weighted by Crippen LogP contribution is -2.18. The van der Waals surface area contributed by atoms with Gasteiger partial charge in [-0.2, -0.15) is 0 Å². The Labute approximate surface area is 187 Å². The highest BCUT2D eigenvalue weighted by Gasteiger charge is 2.28. The predicted octanol–water partition coefficient (Wildman–Crippen LogP) is 5.83. The molecule has 1 aliphatic rings. The van der Waals surface area contributed by atoms with Crippen molar-refractivity contribution in [2.75, 3.05) is 17.7 Å². The minimum absolute atomic E-state index is 0.139. The van der Waals surface area contributed by atoms with E-state index >= 15 is 0 Å². The lowest BCUT2D eigenvalue weighted by molar-refractivity contribution is -0.113. The molecule has 0 spiro atoms. The third-order valence-electron chi connectivity index (χ3n) is 4.35. The number of anilines is 1. The number of halogens is 1. The molecule has 0 unspecified atom stereocenters. The van der Waals surface area contributed by atoms with Gasteiger partial charge < -0.3 is 10.1 Å². The summed E-state index contributed by atoms with van der Waals surface area (Å²) in [6.45, 7) is 6.76. The minimum Gasteiger partial charge on any atom is -0.494 e. The second kappa shape index (κ2) is 10.1. The number of thioether (sulfide) groups is 1. The smallest absolute Gasteiger partial charge is 0.234 e. The molecule has 7 heteroatoms. The van der Waals surface area contributed by atoms with Crippen molar-refractivity contribution < 1.29 is 9.53 Å². The molecule has 1 heterocycles. The van der Waals surface area contributed by atoms with Crippen LogP contribution in [-0.2, 0) is 4.79 Å². The van der Waals surface area contributed by atoms with Crippen LogP contribution in [0.5, 0.6) is 5.75 Å². The minimum atomic E-state index is -0.548. The number of nitrogens with one attached hydrogen (secondary N) is 1. The molecule has 1 N–H and O–H groups in total. The van der Waals surface area contributed by atoms with Gasteiger partial charge in [0.1, 0.15) is 16.5 Å². The van der Waals surface area contributed by atoms with Gasteiger partial charge in [0.15, 0.2) is 0 Å². The van der Waals surface area contributed by atoms with Crippen LogP contribution in [0.25, 0.3) is 0 Å². The third kappa shape index (κ3) is 6.09. The number of ether oxygens (including phenoxy) is 1. The van der Waals surface area contributed by atoms with E-state index in [1.54, 1.807) is 12.1 Å². The summed E-state index contributed by atoms with van der Waals surface area (Å²) in [7, 11) is 0. The van der Waals surface area contributed by atoms with Gasteiger partial charge in [-0.3, -0.25) is 9.79 Å². The number of amides is 1. The molecule has 1 amide bonds. The summed E-state index contributed by atoms with van der Waals surface area (Å²) in [5, 5.41) is 4.11. The molecule has 5 nitrogen and oxygen atoms in total. The van der Waals surface area contributed by atoms with E-state index in [2.05, 4.69) is 12.2 Å². The van der Waals surface area contributed by atoms with E-state index in [1.807, 2.05) is 50.2 Å². The largest absolute Gasteiger partial charge is 0.494 e. The molecule has 0 radical (unpaired) electrons. The highest BCUT2D eigenvalue weighted by atomic mass is 35.5. The molecule has 0 aromatic heterocycles. The number of unbranched alkanes of at least 4 members (excludes halogenated alkanes) is 1. The Morgan fingerprint density at radius 1 is 1.13 bits per heavy atom. The molecule has 158 valence electrons.